The average Bonchev–Trinajstić information content (AvgIpc) is 2.72. The number of hydrogen-bond donors (Lipinski definition) is 3. The van der Waals surface area contributed by atoms with E-state index >= 15 is 0 Å². The van der Waals surface area contributed by atoms with Gasteiger partial charge in [-0.05, 0) is 32.3 Å². The zero-order chi connectivity index (χ0) is 21.4. The minimum absolute atomic E-state index is 0.0892. The number of hydrogen-bond acceptors (Lipinski definition) is 7. The van der Waals surface area contributed by atoms with Crippen molar-refractivity contribution in [2.24, 2.45) is 11.7 Å². The van der Waals surface area contributed by atoms with Gasteiger partial charge in [-0.2, -0.15) is 0 Å². The van der Waals surface area contributed by atoms with Gasteiger partial charge in [0.05, 0.1) is 6.04 Å². The fraction of sp³-hybridized carbons (Fsp3) is 0.500. The number of nitrogens with two attached hydrogens (primary N) is 1. The Morgan fingerprint density at radius 2 is 1.93 bits per heavy atom. The molecule has 1 fully saturated rings. The van der Waals surface area contributed by atoms with E-state index in [0.29, 0.717) is 6.42 Å². The normalized spacial score (nSPS) is 19.9. The highest BCUT2D eigenvalue weighted by Gasteiger charge is 2.43. The van der Waals surface area contributed by atoms with Crippen LogP contribution in [0.4, 0.5) is 0 Å². The van der Waals surface area contributed by atoms with Crippen molar-refractivity contribution >= 4 is 23.8 Å². The molecule has 1 aromatic carbocycles. The van der Waals surface area contributed by atoms with Gasteiger partial charge in [-0.25, -0.2) is 4.79 Å². The van der Waals surface area contributed by atoms with Crippen molar-refractivity contribution in [1.82, 2.24) is 10.6 Å². The summed E-state index contributed by atoms with van der Waals surface area (Å²) in [7, 11) is 0. The Hall–Kier alpha value is -2.94. The monoisotopic (exact) mass is 405 g/mol. The minimum Gasteiger partial charge on any atom is -0.459 e. The van der Waals surface area contributed by atoms with Crippen molar-refractivity contribution in [3.8, 4) is 0 Å². The van der Waals surface area contributed by atoms with Crippen LogP contribution in [0, 0.1) is 5.92 Å². The number of amides is 2. The van der Waals surface area contributed by atoms with Crippen LogP contribution in [0.15, 0.2) is 30.3 Å². The first-order valence-corrected chi connectivity index (χ1v) is 9.54. The molecule has 1 aliphatic rings. The molecule has 29 heavy (non-hydrogen) atoms. The van der Waals surface area contributed by atoms with Gasteiger partial charge in [0.1, 0.15) is 18.6 Å². The Labute approximate surface area is 169 Å². The third-order valence-electron chi connectivity index (χ3n) is 4.53. The maximum absolute atomic E-state index is 12.4. The van der Waals surface area contributed by atoms with E-state index in [0.717, 1.165) is 5.56 Å². The molecule has 0 saturated carbocycles. The van der Waals surface area contributed by atoms with Crippen molar-refractivity contribution in [3.05, 3.63) is 35.9 Å². The van der Waals surface area contributed by atoms with E-state index < -0.39 is 42.0 Å². The van der Waals surface area contributed by atoms with Crippen LogP contribution in [0.1, 0.15) is 32.3 Å². The zero-order valence-corrected chi connectivity index (χ0v) is 16.6. The SMILES string of the molecule is C[C@H](N)C(=O)N[C@@H](CCCNC(=O)C1OC(=O)[C@H]1C)C(=O)OCc1ccccc1. The lowest BCUT2D eigenvalue weighted by Gasteiger charge is -2.31. The first-order chi connectivity index (χ1) is 13.8. The predicted octanol–water partition coefficient (Wildman–Crippen LogP) is 0.0197. The number of esters is 2. The summed E-state index contributed by atoms with van der Waals surface area (Å²) in [4.78, 5) is 47.3. The van der Waals surface area contributed by atoms with Gasteiger partial charge in [-0.1, -0.05) is 30.3 Å². The smallest absolute Gasteiger partial charge is 0.328 e. The molecule has 4 atom stereocenters. The first kappa shape index (κ1) is 22.4. The first-order valence-electron chi connectivity index (χ1n) is 9.54. The van der Waals surface area contributed by atoms with E-state index in [4.69, 9.17) is 15.2 Å². The molecule has 1 heterocycles. The molecule has 0 aromatic heterocycles. The molecule has 2 amide bonds. The van der Waals surface area contributed by atoms with Gasteiger partial charge < -0.3 is 25.8 Å². The Bertz CT molecular complexity index is 737. The van der Waals surface area contributed by atoms with Crippen molar-refractivity contribution in [1.29, 1.82) is 0 Å². The highest BCUT2D eigenvalue weighted by molar-refractivity contribution is 5.93. The van der Waals surface area contributed by atoms with Gasteiger partial charge in [-0.3, -0.25) is 14.4 Å². The molecule has 0 aliphatic carbocycles. The maximum atomic E-state index is 12.4. The molecular weight excluding hydrogens is 378 g/mol. The van der Waals surface area contributed by atoms with E-state index in [2.05, 4.69) is 10.6 Å². The fourth-order valence-electron chi connectivity index (χ4n) is 2.67. The topological polar surface area (TPSA) is 137 Å². The number of rotatable bonds is 10. The molecule has 2 rings (SSSR count). The van der Waals surface area contributed by atoms with Gasteiger partial charge in [-0.15, -0.1) is 0 Å². The summed E-state index contributed by atoms with van der Waals surface area (Å²) in [5.74, 6) is -2.27. The second-order valence-electron chi connectivity index (χ2n) is 7.02. The third-order valence-corrected chi connectivity index (χ3v) is 4.53. The molecule has 0 bridgehead atoms. The molecular formula is C20H27N3O6. The summed E-state index contributed by atoms with van der Waals surface area (Å²) in [6, 6.07) is 7.53. The number of ether oxygens (including phenoxy) is 2. The van der Waals surface area contributed by atoms with E-state index in [-0.39, 0.29) is 25.5 Å². The van der Waals surface area contributed by atoms with Gasteiger partial charge in [0, 0.05) is 6.54 Å². The van der Waals surface area contributed by atoms with Crippen LogP contribution >= 0.6 is 0 Å². The van der Waals surface area contributed by atoms with Crippen LogP contribution in [0.3, 0.4) is 0 Å². The predicted molar refractivity (Wildman–Crippen MR) is 103 cm³/mol. The standard InChI is InChI=1S/C20H27N3O6/c1-12-16(29-19(12)26)18(25)22-10-6-9-15(23-17(24)13(2)21)20(27)28-11-14-7-4-3-5-8-14/h3-5,7-8,12-13,15-16H,6,9-11,21H2,1-2H3,(H,22,25)(H,23,24)/t12-,13-,15-,16?/m0/s1. The summed E-state index contributed by atoms with van der Waals surface area (Å²) < 4.78 is 10.1. The second-order valence-corrected chi connectivity index (χ2v) is 7.02. The molecule has 0 radical (unpaired) electrons. The molecule has 1 unspecified atom stereocenters. The maximum Gasteiger partial charge on any atom is 0.328 e. The number of benzene rings is 1. The molecule has 1 aliphatic heterocycles. The van der Waals surface area contributed by atoms with Crippen molar-refractivity contribution in [2.45, 2.75) is 51.5 Å². The Morgan fingerprint density at radius 1 is 1.24 bits per heavy atom. The quantitative estimate of drug-likeness (QED) is 0.369. The van der Waals surface area contributed by atoms with Crippen molar-refractivity contribution < 1.29 is 28.7 Å². The Morgan fingerprint density at radius 3 is 2.52 bits per heavy atom. The van der Waals surface area contributed by atoms with Crippen LogP contribution in [0.2, 0.25) is 0 Å². The number of cyclic esters (lactones) is 1. The van der Waals surface area contributed by atoms with Gasteiger partial charge >= 0.3 is 11.9 Å². The van der Waals surface area contributed by atoms with Crippen LogP contribution in [0.25, 0.3) is 0 Å². The van der Waals surface area contributed by atoms with E-state index in [1.807, 2.05) is 30.3 Å². The lowest BCUT2D eigenvalue weighted by Crippen LogP contribution is -2.53. The van der Waals surface area contributed by atoms with Crippen LogP contribution in [-0.4, -0.2) is 48.5 Å². The number of carbonyl (C=O) groups excluding carboxylic acids is 4. The van der Waals surface area contributed by atoms with Crippen LogP contribution < -0.4 is 16.4 Å². The largest absolute Gasteiger partial charge is 0.459 e. The highest BCUT2D eigenvalue weighted by Crippen LogP contribution is 2.21. The molecule has 1 aromatic rings. The van der Waals surface area contributed by atoms with Crippen LogP contribution in [-0.2, 0) is 35.3 Å². The number of nitrogens with one attached hydrogen (secondary N) is 2. The Kier molecular flexibility index (Phi) is 8.14. The molecule has 1 saturated heterocycles. The number of carbonyl (C=O) groups is 4. The van der Waals surface area contributed by atoms with Crippen molar-refractivity contribution in [2.75, 3.05) is 6.54 Å². The summed E-state index contributed by atoms with van der Waals surface area (Å²) in [5, 5.41) is 5.24. The highest BCUT2D eigenvalue weighted by atomic mass is 16.6. The summed E-state index contributed by atoms with van der Waals surface area (Å²) >= 11 is 0. The molecule has 9 heteroatoms. The summed E-state index contributed by atoms with van der Waals surface area (Å²) in [6.07, 6.45) is -0.107. The lowest BCUT2D eigenvalue weighted by molar-refractivity contribution is -0.186. The molecule has 158 valence electrons. The second kappa shape index (κ2) is 10.6. The minimum atomic E-state index is -0.880. The molecule has 4 N–H and O–H groups in total. The van der Waals surface area contributed by atoms with E-state index in [1.54, 1.807) is 6.92 Å². The molecule has 0 spiro atoms. The summed E-state index contributed by atoms with van der Waals surface area (Å²) in [5.41, 5.74) is 6.39. The van der Waals surface area contributed by atoms with Gasteiger partial charge in [0.15, 0.2) is 6.10 Å². The summed E-state index contributed by atoms with van der Waals surface area (Å²) in [6.45, 7) is 3.49. The van der Waals surface area contributed by atoms with E-state index in [1.165, 1.54) is 6.92 Å². The van der Waals surface area contributed by atoms with E-state index in [9.17, 15) is 19.2 Å². The lowest BCUT2D eigenvalue weighted by atomic mass is 9.99. The van der Waals surface area contributed by atoms with Crippen molar-refractivity contribution in [3.63, 3.8) is 0 Å². The zero-order valence-electron chi connectivity index (χ0n) is 16.6. The third kappa shape index (κ3) is 6.56. The average molecular weight is 405 g/mol. The van der Waals surface area contributed by atoms with Gasteiger partial charge in [0.25, 0.3) is 5.91 Å². The fourth-order valence-corrected chi connectivity index (χ4v) is 2.67. The Balaban J connectivity index is 1.81. The van der Waals surface area contributed by atoms with Crippen LogP contribution in [0.5, 0.6) is 0 Å². The molecule has 9 nitrogen and oxygen atoms in total. The van der Waals surface area contributed by atoms with Gasteiger partial charge in [0.2, 0.25) is 5.91 Å².